The molecule has 4 bridgehead atoms. The molecule has 0 aliphatic carbocycles. The molecule has 8 atom stereocenters. The molecular formula is C39H43N5O7. The summed E-state index contributed by atoms with van der Waals surface area (Å²) in [6.45, 7) is 4.32. The minimum atomic E-state index is -0.666. The second-order valence-corrected chi connectivity index (χ2v) is 13.8. The van der Waals surface area contributed by atoms with Crippen molar-refractivity contribution in [1.82, 2.24) is 14.7 Å². The fourth-order valence-corrected chi connectivity index (χ4v) is 10.2. The van der Waals surface area contributed by atoms with Crippen molar-refractivity contribution in [3.63, 3.8) is 0 Å². The third-order valence-corrected chi connectivity index (χ3v) is 12.0. The van der Waals surface area contributed by atoms with Gasteiger partial charge in [0.1, 0.15) is 35.9 Å². The van der Waals surface area contributed by atoms with Gasteiger partial charge >= 0.3 is 0 Å². The summed E-state index contributed by atoms with van der Waals surface area (Å²) in [5, 5.41) is 21.9. The van der Waals surface area contributed by atoms with Crippen LogP contribution in [-0.2, 0) is 11.2 Å². The van der Waals surface area contributed by atoms with Gasteiger partial charge in [-0.3, -0.25) is 14.7 Å². The highest BCUT2D eigenvalue weighted by atomic mass is 16.5. The molecule has 3 aromatic rings. The molecule has 1 unspecified atom stereocenters. The maximum atomic E-state index is 11.2. The number of likely N-dealkylation sites (N-methyl/N-ethyl adjacent to an activating group) is 1. The Hall–Kier alpha value is -4.72. The van der Waals surface area contributed by atoms with Crippen LogP contribution in [0.1, 0.15) is 75.0 Å². The van der Waals surface area contributed by atoms with Crippen molar-refractivity contribution < 1.29 is 33.2 Å². The minimum Gasteiger partial charge on any atom is -0.496 e. The number of nitrogens with zero attached hydrogens (tertiary/aromatic N) is 5. The standard InChI is InChI=1S/C39H43N5O7/c1-18-32(45-4)22-14-23-25(16-41)44-26-17-43-24(15-40)20-12-10-11-13-21(20)39(43)51-36(29-28(26)38(50-9)35(48-7)19(2)33(29)46-5)31(44)30(42(23)3)27(22)37(49-8)34(18)47-6/h10-13,23-26,30-31,36,39H,14,17H2,1-9H3/t23-,24-,25-,26-,30+,31?,36+,39-/m0/s1. The van der Waals surface area contributed by atoms with Gasteiger partial charge in [-0.1, -0.05) is 24.3 Å². The quantitative estimate of drug-likeness (QED) is 0.336. The van der Waals surface area contributed by atoms with E-state index in [2.05, 4.69) is 33.9 Å². The zero-order chi connectivity index (χ0) is 36.0. The van der Waals surface area contributed by atoms with Crippen LogP contribution in [0, 0.1) is 36.5 Å². The van der Waals surface area contributed by atoms with Crippen LogP contribution < -0.4 is 28.4 Å². The molecule has 12 nitrogen and oxygen atoms in total. The summed E-state index contributed by atoms with van der Waals surface area (Å²) in [4.78, 5) is 6.77. The highest BCUT2D eigenvalue weighted by molar-refractivity contribution is 5.68. The number of hydrogen-bond acceptors (Lipinski definition) is 12. The Labute approximate surface area is 298 Å². The van der Waals surface area contributed by atoms with Crippen molar-refractivity contribution in [3.8, 4) is 46.6 Å². The van der Waals surface area contributed by atoms with E-state index in [-0.39, 0.29) is 12.1 Å². The van der Waals surface area contributed by atoms with E-state index < -0.39 is 36.5 Å². The van der Waals surface area contributed by atoms with Crippen LogP contribution in [-0.4, -0.2) is 89.1 Å². The van der Waals surface area contributed by atoms with Crippen LogP contribution in [0.2, 0.25) is 0 Å². The predicted octanol–water partition coefficient (Wildman–Crippen LogP) is 5.23. The molecule has 6 aliphatic rings. The molecule has 0 N–H and O–H groups in total. The number of ether oxygens (including phenoxy) is 7. The van der Waals surface area contributed by atoms with Gasteiger partial charge in [0.15, 0.2) is 23.0 Å². The molecule has 6 aliphatic heterocycles. The minimum absolute atomic E-state index is 0.210. The lowest BCUT2D eigenvalue weighted by Gasteiger charge is -2.63. The van der Waals surface area contributed by atoms with Crippen LogP contribution in [0.3, 0.4) is 0 Å². The van der Waals surface area contributed by atoms with Crippen molar-refractivity contribution in [2.75, 3.05) is 56.3 Å². The van der Waals surface area contributed by atoms with Crippen molar-refractivity contribution >= 4 is 0 Å². The summed E-state index contributed by atoms with van der Waals surface area (Å²) in [6.07, 6.45) is -0.640. The van der Waals surface area contributed by atoms with E-state index in [9.17, 15) is 10.5 Å². The zero-order valence-electron chi connectivity index (χ0n) is 30.4. The Balaban J connectivity index is 1.49. The summed E-state index contributed by atoms with van der Waals surface area (Å²) < 4.78 is 44.4. The lowest BCUT2D eigenvalue weighted by atomic mass is 9.70. The molecule has 0 saturated carbocycles. The maximum absolute atomic E-state index is 11.2. The molecule has 266 valence electrons. The van der Waals surface area contributed by atoms with Crippen LogP contribution >= 0.6 is 0 Å². The van der Waals surface area contributed by atoms with Gasteiger partial charge in [-0.15, -0.1) is 0 Å². The molecule has 0 spiro atoms. The van der Waals surface area contributed by atoms with Crippen molar-refractivity contribution in [2.45, 2.75) is 68.9 Å². The highest BCUT2D eigenvalue weighted by Crippen LogP contribution is 2.65. The fraction of sp³-hybridized carbons (Fsp3) is 0.487. The summed E-state index contributed by atoms with van der Waals surface area (Å²) in [6, 6.07) is 10.8. The molecule has 12 heteroatoms. The van der Waals surface area contributed by atoms with Crippen molar-refractivity contribution in [3.05, 3.63) is 68.8 Å². The molecule has 0 amide bonds. The molecule has 0 aromatic heterocycles. The third-order valence-electron chi connectivity index (χ3n) is 12.0. The van der Waals surface area contributed by atoms with E-state index in [1.807, 2.05) is 38.1 Å². The summed E-state index contributed by atoms with van der Waals surface area (Å²) in [5.41, 5.74) is 7.18. The monoisotopic (exact) mass is 693 g/mol. The molecule has 2 saturated heterocycles. The van der Waals surface area contributed by atoms with Crippen LogP contribution in [0.15, 0.2) is 24.3 Å². The number of rotatable bonds is 6. The first kappa shape index (κ1) is 33.4. The number of benzene rings is 3. The van der Waals surface area contributed by atoms with Gasteiger partial charge in [-0.05, 0) is 32.9 Å². The van der Waals surface area contributed by atoms with Gasteiger partial charge in [0.25, 0.3) is 0 Å². The first-order chi connectivity index (χ1) is 24.8. The summed E-state index contributed by atoms with van der Waals surface area (Å²) in [7, 11) is 12.0. The number of nitriles is 2. The Bertz CT molecular complexity index is 2020. The summed E-state index contributed by atoms with van der Waals surface area (Å²) in [5.74, 6) is 3.77. The molecule has 9 rings (SSSR count). The Morgan fingerprint density at radius 1 is 0.725 bits per heavy atom. The predicted molar refractivity (Wildman–Crippen MR) is 186 cm³/mol. The number of piperazine rings is 1. The van der Waals surface area contributed by atoms with Crippen LogP contribution in [0.5, 0.6) is 34.5 Å². The SMILES string of the molecule is COc1c(C)c(OC)c(OC)c2c1C[C@H]1[C@H](C#N)N3C([C@@H]4O[C@H]5c6ccccc6[C@H](C#N)N5C[C@H]3c3c(OC)c(OC)c(C)c(OC)c34)[C@@H]2N1C. The van der Waals surface area contributed by atoms with E-state index in [1.54, 1.807) is 42.7 Å². The summed E-state index contributed by atoms with van der Waals surface area (Å²) >= 11 is 0. The van der Waals surface area contributed by atoms with Crippen molar-refractivity contribution in [2.24, 2.45) is 0 Å². The van der Waals surface area contributed by atoms with Gasteiger partial charge in [0.05, 0.1) is 72.9 Å². The normalized spacial score (nSPS) is 28.8. The van der Waals surface area contributed by atoms with Crippen molar-refractivity contribution in [1.29, 1.82) is 10.5 Å². The molecular weight excluding hydrogens is 650 g/mol. The fourth-order valence-electron chi connectivity index (χ4n) is 10.2. The maximum Gasteiger partial charge on any atom is 0.167 e. The highest BCUT2D eigenvalue weighted by Gasteiger charge is 2.63. The van der Waals surface area contributed by atoms with E-state index in [0.717, 1.165) is 50.3 Å². The second-order valence-electron chi connectivity index (χ2n) is 13.8. The van der Waals surface area contributed by atoms with E-state index in [1.165, 1.54) is 0 Å². The number of hydrogen-bond donors (Lipinski definition) is 0. The van der Waals surface area contributed by atoms with Gasteiger partial charge in [0.2, 0.25) is 0 Å². The Morgan fingerprint density at radius 3 is 1.90 bits per heavy atom. The average Bonchev–Trinajstić information content (AvgIpc) is 3.41. The van der Waals surface area contributed by atoms with Gasteiger partial charge in [-0.25, -0.2) is 0 Å². The lowest BCUT2D eigenvalue weighted by Crippen LogP contribution is -2.70. The van der Waals surface area contributed by atoms with Crippen LogP contribution in [0.4, 0.5) is 0 Å². The Morgan fingerprint density at radius 2 is 1.31 bits per heavy atom. The number of fused-ring (bicyclic) bond motifs is 5. The topological polar surface area (TPSA) is 122 Å². The first-order valence-corrected chi connectivity index (χ1v) is 17.2. The smallest absolute Gasteiger partial charge is 0.167 e. The van der Waals surface area contributed by atoms with E-state index in [4.69, 9.17) is 33.2 Å². The lowest BCUT2D eigenvalue weighted by molar-refractivity contribution is -0.209. The Kier molecular flexibility index (Phi) is 8.00. The zero-order valence-corrected chi connectivity index (χ0v) is 30.4. The third kappa shape index (κ3) is 4.19. The van der Waals surface area contributed by atoms with E-state index in [0.29, 0.717) is 41.7 Å². The van der Waals surface area contributed by atoms with E-state index >= 15 is 0 Å². The molecule has 51 heavy (non-hydrogen) atoms. The van der Waals surface area contributed by atoms with Crippen LogP contribution in [0.25, 0.3) is 0 Å². The average molecular weight is 694 g/mol. The molecule has 3 aromatic carbocycles. The largest absolute Gasteiger partial charge is 0.496 e. The molecule has 6 heterocycles. The number of methoxy groups -OCH3 is 6. The molecule has 2 fully saturated rings. The first-order valence-electron chi connectivity index (χ1n) is 17.2. The van der Waals surface area contributed by atoms with Gasteiger partial charge in [-0.2, -0.15) is 10.5 Å². The van der Waals surface area contributed by atoms with Gasteiger partial charge < -0.3 is 33.2 Å². The van der Waals surface area contributed by atoms with Gasteiger partial charge in [0, 0.05) is 51.5 Å². The molecule has 0 radical (unpaired) electrons. The second kappa shape index (κ2) is 12.2.